The van der Waals surface area contributed by atoms with Crippen molar-refractivity contribution in [3.63, 3.8) is 0 Å². The zero-order valence-electron chi connectivity index (χ0n) is 11.3. The van der Waals surface area contributed by atoms with Gasteiger partial charge >= 0.3 is 0 Å². The quantitative estimate of drug-likeness (QED) is 0.803. The zero-order valence-corrected chi connectivity index (χ0v) is 12.2. The highest BCUT2D eigenvalue weighted by Gasteiger charge is 2.34. The highest BCUT2D eigenvalue weighted by Crippen LogP contribution is 2.23. The van der Waals surface area contributed by atoms with E-state index in [9.17, 15) is 9.18 Å². The van der Waals surface area contributed by atoms with Gasteiger partial charge in [0.2, 0.25) is 0 Å². The van der Waals surface area contributed by atoms with Crippen molar-refractivity contribution >= 4 is 18.5 Å². The molecular weight excluding hydrogens is 265 g/mol. The molecule has 0 radical (unpaired) electrons. The molecule has 104 valence electrons. The van der Waals surface area contributed by atoms with E-state index in [1.807, 2.05) is 20.8 Å². The molecule has 5 heteroatoms. The van der Waals surface area contributed by atoms with E-state index in [4.69, 9.17) is 4.74 Å². The largest absolute Gasteiger partial charge is 0.369 e. The first-order valence-electron chi connectivity index (χ1n) is 6.24. The summed E-state index contributed by atoms with van der Waals surface area (Å²) in [5.41, 5.74) is -0.347. The Labute approximate surface area is 118 Å². The number of thiol groups is 1. The molecule has 1 saturated heterocycles. The van der Waals surface area contributed by atoms with Crippen molar-refractivity contribution in [1.29, 1.82) is 0 Å². The molecule has 0 aliphatic carbocycles. The minimum Gasteiger partial charge on any atom is -0.369 e. The topological polar surface area (TPSA) is 29.5 Å². The van der Waals surface area contributed by atoms with Crippen LogP contribution in [-0.2, 0) is 4.74 Å². The first-order chi connectivity index (χ1) is 8.78. The fourth-order valence-electron chi connectivity index (χ4n) is 2.46. The van der Waals surface area contributed by atoms with E-state index < -0.39 is 11.4 Å². The summed E-state index contributed by atoms with van der Waals surface area (Å²) < 4.78 is 19.5. The molecule has 1 aromatic carbocycles. The second kappa shape index (κ2) is 5.13. The van der Waals surface area contributed by atoms with Crippen molar-refractivity contribution in [3.05, 3.63) is 29.6 Å². The predicted molar refractivity (Wildman–Crippen MR) is 74.2 cm³/mol. The molecule has 1 atom stereocenters. The molecule has 1 amide bonds. The first-order valence-corrected chi connectivity index (χ1v) is 6.69. The van der Waals surface area contributed by atoms with Gasteiger partial charge in [-0.05, 0) is 39.0 Å². The number of benzene rings is 1. The van der Waals surface area contributed by atoms with Crippen LogP contribution in [0.15, 0.2) is 23.1 Å². The molecule has 0 bridgehead atoms. The van der Waals surface area contributed by atoms with Gasteiger partial charge in [-0.2, -0.15) is 0 Å². The molecule has 1 aliphatic heterocycles. The third-order valence-corrected chi connectivity index (χ3v) is 3.32. The molecule has 0 aromatic heterocycles. The van der Waals surface area contributed by atoms with Crippen LogP contribution in [-0.4, -0.2) is 35.6 Å². The maximum Gasteiger partial charge on any atom is 0.257 e. The summed E-state index contributed by atoms with van der Waals surface area (Å²) in [4.78, 5) is 14.6. The number of hydrogen-bond acceptors (Lipinski definition) is 3. The minimum absolute atomic E-state index is 0.0602. The first kappa shape index (κ1) is 14.3. The van der Waals surface area contributed by atoms with E-state index in [-0.39, 0.29) is 17.6 Å². The van der Waals surface area contributed by atoms with Crippen LogP contribution in [0.4, 0.5) is 4.39 Å². The molecule has 0 saturated carbocycles. The normalized spacial score (nSPS) is 22.4. The number of carbonyl (C=O) groups is 1. The van der Waals surface area contributed by atoms with Crippen molar-refractivity contribution in [2.24, 2.45) is 0 Å². The van der Waals surface area contributed by atoms with Crippen LogP contribution in [0.5, 0.6) is 0 Å². The molecule has 0 spiro atoms. The van der Waals surface area contributed by atoms with Crippen LogP contribution in [0.25, 0.3) is 0 Å². The van der Waals surface area contributed by atoms with E-state index in [2.05, 4.69) is 12.6 Å². The molecule has 1 fully saturated rings. The third-order valence-electron chi connectivity index (χ3n) is 3.04. The fraction of sp³-hybridized carbons (Fsp3) is 0.500. The van der Waals surface area contributed by atoms with Crippen LogP contribution in [0.2, 0.25) is 0 Å². The Hall–Kier alpha value is -1.07. The van der Waals surface area contributed by atoms with Gasteiger partial charge in [-0.1, -0.05) is 0 Å². The minimum atomic E-state index is -0.514. The predicted octanol–water partition coefficient (Wildman–Crippen LogP) is 2.75. The highest BCUT2D eigenvalue weighted by molar-refractivity contribution is 7.80. The lowest BCUT2D eigenvalue weighted by atomic mass is 10.0. The van der Waals surface area contributed by atoms with Gasteiger partial charge in [-0.3, -0.25) is 4.79 Å². The Morgan fingerprint density at radius 2 is 2.21 bits per heavy atom. The van der Waals surface area contributed by atoms with Crippen molar-refractivity contribution < 1.29 is 13.9 Å². The summed E-state index contributed by atoms with van der Waals surface area (Å²) in [5.74, 6) is -0.823. The van der Waals surface area contributed by atoms with Crippen LogP contribution >= 0.6 is 12.6 Å². The third kappa shape index (κ3) is 3.28. The summed E-state index contributed by atoms with van der Waals surface area (Å²) >= 11 is 4.15. The van der Waals surface area contributed by atoms with E-state index in [1.54, 1.807) is 4.90 Å². The number of morpholine rings is 1. The number of ether oxygens (including phenoxy) is 1. The van der Waals surface area contributed by atoms with E-state index in [0.717, 1.165) is 0 Å². The number of rotatable bonds is 1. The molecule has 3 nitrogen and oxygen atoms in total. The van der Waals surface area contributed by atoms with Gasteiger partial charge in [-0.25, -0.2) is 4.39 Å². The number of halogens is 1. The SMILES string of the molecule is CC1CN(C(=O)c2cc(S)ccc2F)CC(C)(C)O1. The maximum absolute atomic E-state index is 13.8. The highest BCUT2D eigenvalue weighted by atomic mass is 32.1. The Morgan fingerprint density at radius 3 is 2.84 bits per heavy atom. The summed E-state index contributed by atoms with van der Waals surface area (Å²) in [6.07, 6.45) is -0.0602. The number of nitrogens with zero attached hydrogens (tertiary/aromatic N) is 1. The molecular formula is C14H18FNO2S. The van der Waals surface area contributed by atoms with Gasteiger partial charge in [0.05, 0.1) is 17.3 Å². The van der Waals surface area contributed by atoms with Crippen LogP contribution in [0.3, 0.4) is 0 Å². The average molecular weight is 283 g/mol. The molecule has 0 N–H and O–H groups in total. The second-order valence-corrected chi connectivity index (χ2v) is 6.05. The number of amides is 1. The molecule has 1 unspecified atom stereocenters. The van der Waals surface area contributed by atoms with Gasteiger partial charge in [0.15, 0.2) is 0 Å². The van der Waals surface area contributed by atoms with Crippen molar-refractivity contribution in [2.75, 3.05) is 13.1 Å². The van der Waals surface area contributed by atoms with E-state index >= 15 is 0 Å². The zero-order chi connectivity index (χ0) is 14.2. The lowest BCUT2D eigenvalue weighted by Gasteiger charge is -2.41. The standard InChI is InChI=1S/C14H18FNO2S/c1-9-7-16(8-14(2,3)18-9)13(17)11-6-10(19)4-5-12(11)15/h4-6,9,19H,7-8H2,1-3H3. The Morgan fingerprint density at radius 1 is 1.53 bits per heavy atom. The van der Waals surface area contributed by atoms with E-state index in [1.165, 1.54) is 18.2 Å². The lowest BCUT2D eigenvalue weighted by molar-refractivity contribution is -0.118. The Balaban J connectivity index is 2.26. The smallest absolute Gasteiger partial charge is 0.257 e. The van der Waals surface area contributed by atoms with Gasteiger partial charge in [0.25, 0.3) is 5.91 Å². The average Bonchev–Trinajstić information content (AvgIpc) is 2.29. The Bertz CT molecular complexity index is 504. The summed E-state index contributed by atoms with van der Waals surface area (Å²) in [7, 11) is 0. The monoisotopic (exact) mass is 283 g/mol. The van der Waals surface area contributed by atoms with Crippen molar-refractivity contribution in [1.82, 2.24) is 4.90 Å². The van der Waals surface area contributed by atoms with Crippen LogP contribution < -0.4 is 0 Å². The van der Waals surface area contributed by atoms with Gasteiger partial charge in [-0.15, -0.1) is 12.6 Å². The van der Waals surface area contributed by atoms with E-state index in [0.29, 0.717) is 18.0 Å². The van der Waals surface area contributed by atoms with Gasteiger partial charge in [0.1, 0.15) is 5.82 Å². The lowest BCUT2D eigenvalue weighted by Crippen LogP contribution is -2.53. The van der Waals surface area contributed by atoms with Crippen LogP contribution in [0.1, 0.15) is 31.1 Å². The summed E-state index contributed by atoms with van der Waals surface area (Å²) in [5, 5.41) is 0. The molecule has 2 rings (SSSR count). The van der Waals surface area contributed by atoms with Crippen molar-refractivity contribution in [3.8, 4) is 0 Å². The van der Waals surface area contributed by atoms with Gasteiger partial charge < -0.3 is 9.64 Å². The molecule has 1 aromatic rings. The fourth-order valence-corrected chi connectivity index (χ4v) is 2.66. The maximum atomic E-state index is 13.8. The molecule has 19 heavy (non-hydrogen) atoms. The number of hydrogen-bond donors (Lipinski definition) is 1. The molecule has 1 heterocycles. The van der Waals surface area contributed by atoms with Crippen molar-refractivity contribution in [2.45, 2.75) is 37.4 Å². The second-order valence-electron chi connectivity index (χ2n) is 5.54. The van der Waals surface area contributed by atoms with Crippen LogP contribution in [0, 0.1) is 5.82 Å². The Kier molecular flexibility index (Phi) is 3.87. The molecule has 1 aliphatic rings. The van der Waals surface area contributed by atoms with Gasteiger partial charge in [0, 0.05) is 18.0 Å². The number of carbonyl (C=O) groups excluding carboxylic acids is 1. The summed E-state index contributed by atoms with van der Waals surface area (Å²) in [6, 6.07) is 4.26. The summed E-state index contributed by atoms with van der Waals surface area (Å²) in [6.45, 7) is 6.68.